The number of aryl methyl sites for hydroxylation is 2. The van der Waals surface area contributed by atoms with Crippen molar-refractivity contribution in [2.75, 3.05) is 12.4 Å². The Labute approximate surface area is 117 Å². The first-order valence-corrected chi connectivity index (χ1v) is 6.37. The van der Waals surface area contributed by atoms with Gasteiger partial charge in [0.25, 0.3) is 0 Å². The normalized spacial score (nSPS) is 10.4. The van der Waals surface area contributed by atoms with E-state index in [1.54, 1.807) is 0 Å². The van der Waals surface area contributed by atoms with E-state index >= 15 is 0 Å². The Bertz CT molecular complexity index is 603. The number of anilines is 1. The van der Waals surface area contributed by atoms with Crippen molar-refractivity contribution in [2.24, 2.45) is 0 Å². The van der Waals surface area contributed by atoms with Crippen LogP contribution < -0.4 is 10.1 Å². The van der Waals surface area contributed by atoms with Crippen molar-refractivity contribution in [3.63, 3.8) is 0 Å². The second-order valence-corrected chi connectivity index (χ2v) is 4.71. The molecule has 4 heteroatoms. The van der Waals surface area contributed by atoms with Gasteiger partial charge in [0.2, 0.25) is 0 Å². The number of rotatable bonds is 4. The lowest BCUT2D eigenvalue weighted by molar-refractivity contribution is 0.299. The van der Waals surface area contributed by atoms with Crippen molar-refractivity contribution >= 4 is 5.69 Å². The first-order valence-electron chi connectivity index (χ1n) is 6.37. The van der Waals surface area contributed by atoms with E-state index in [1.165, 1.54) is 12.1 Å². The van der Waals surface area contributed by atoms with Crippen molar-refractivity contribution < 1.29 is 13.5 Å². The summed E-state index contributed by atoms with van der Waals surface area (Å²) in [6.07, 6.45) is 0. The van der Waals surface area contributed by atoms with Gasteiger partial charge in [-0.05, 0) is 49.2 Å². The molecule has 0 fully saturated rings. The van der Waals surface area contributed by atoms with Crippen molar-refractivity contribution in [3.8, 4) is 5.75 Å². The van der Waals surface area contributed by atoms with Gasteiger partial charge in [-0.1, -0.05) is 0 Å². The third-order valence-electron chi connectivity index (χ3n) is 3.17. The number of hydrogen-bond acceptors (Lipinski definition) is 2. The number of benzene rings is 2. The van der Waals surface area contributed by atoms with Crippen LogP contribution in [0, 0.1) is 25.5 Å². The summed E-state index contributed by atoms with van der Waals surface area (Å²) in [7, 11) is 1.86. The highest BCUT2D eigenvalue weighted by atomic mass is 19.1. The first-order chi connectivity index (χ1) is 9.51. The molecule has 0 atom stereocenters. The van der Waals surface area contributed by atoms with Crippen molar-refractivity contribution in [2.45, 2.75) is 20.5 Å². The summed E-state index contributed by atoms with van der Waals surface area (Å²) in [6.45, 7) is 4.03. The molecule has 0 amide bonds. The minimum Gasteiger partial charge on any atom is -0.489 e. The molecule has 0 saturated heterocycles. The van der Waals surface area contributed by atoms with Gasteiger partial charge in [0, 0.05) is 24.4 Å². The summed E-state index contributed by atoms with van der Waals surface area (Å²) < 4.78 is 31.9. The van der Waals surface area contributed by atoms with Gasteiger partial charge in [-0.2, -0.15) is 0 Å². The molecule has 0 aliphatic rings. The summed E-state index contributed by atoms with van der Waals surface area (Å²) in [6, 6.07) is 7.26. The van der Waals surface area contributed by atoms with Gasteiger partial charge in [0.15, 0.2) is 0 Å². The van der Waals surface area contributed by atoms with Gasteiger partial charge in [-0.15, -0.1) is 0 Å². The largest absolute Gasteiger partial charge is 0.489 e. The van der Waals surface area contributed by atoms with Gasteiger partial charge in [0.1, 0.15) is 24.0 Å². The van der Waals surface area contributed by atoms with Gasteiger partial charge in [0.05, 0.1) is 0 Å². The number of ether oxygens (including phenoxy) is 1. The van der Waals surface area contributed by atoms with Crippen LogP contribution in [0.25, 0.3) is 0 Å². The Morgan fingerprint density at radius 3 is 2.25 bits per heavy atom. The maximum atomic E-state index is 13.5. The van der Waals surface area contributed by atoms with Crippen LogP contribution in [-0.2, 0) is 6.61 Å². The highest BCUT2D eigenvalue weighted by Gasteiger charge is 2.07. The summed E-state index contributed by atoms with van der Waals surface area (Å²) in [5, 5.41) is 3.12. The third kappa shape index (κ3) is 3.07. The molecule has 2 aromatic carbocycles. The Balaban J connectivity index is 2.15. The molecule has 0 aliphatic heterocycles. The van der Waals surface area contributed by atoms with Crippen LogP contribution in [0.3, 0.4) is 0 Å². The maximum Gasteiger partial charge on any atom is 0.132 e. The van der Waals surface area contributed by atoms with Crippen molar-refractivity contribution in [1.82, 2.24) is 0 Å². The summed E-state index contributed by atoms with van der Waals surface area (Å²) in [5.74, 6) is -0.510. The minimum absolute atomic E-state index is 0.0733. The Morgan fingerprint density at radius 2 is 1.70 bits per heavy atom. The molecule has 2 rings (SSSR count). The summed E-state index contributed by atoms with van der Waals surface area (Å²) in [4.78, 5) is 0. The molecular formula is C16H17F2NO. The highest BCUT2D eigenvalue weighted by Crippen LogP contribution is 2.26. The Hall–Kier alpha value is -2.10. The van der Waals surface area contributed by atoms with Gasteiger partial charge in [-0.25, -0.2) is 8.78 Å². The van der Waals surface area contributed by atoms with Gasteiger partial charge < -0.3 is 10.1 Å². The summed E-state index contributed by atoms with van der Waals surface area (Å²) >= 11 is 0. The van der Waals surface area contributed by atoms with Crippen LogP contribution in [0.4, 0.5) is 14.5 Å². The van der Waals surface area contributed by atoms with E-state index in [1.807, 2.05) is 33.0 Å². The topological polar surface area (TPSA) is 21.3 Å². The lowest BCUT2D eigenvalue weighted by atomic mass is 10.1. The zero-order valence-corrected chi connectivity index (χ0v) is 11.8. The maximum absolute atomic E-state index is 13.5. The predicted molar refractivity (Wildman–Crippen MR) is 76.2 cm³/mol. The van der Waals surface area contributed by atoms with E-state index in [0.717, 1.165) is 22.9 Å². The molecule has 0 unspecified atom stereocenters. The molecule has 0 heterocycles. The fraction of sp³-hybridized carbons (Fsp3) is 0.250. The number of hydrogen-bond donors (Lipinski definition) is 1. The van der Waals surface area contributed by atoms with Crippen LogP contribution >= 0.6 is 0 Å². The molecule has 0 saturated carbocycles. The van der Waals surface area contributed by atoms with Gasteiger partial charge in [-0.3, -0.25) is 0 Å². The highest BCUT2D eigenvalue weighted by molar-refractivity contribution is 5.59. The molecule has 0 spiro atoms. The average molecular weight is 277 g/mol. The van der Waals surface area contributed by atoms with Crippen LogP contribution in [0.2, 0.25) is 0 Å². The molecule has 20 heavy (non-hydrogen) atoms. The van der Waals surface area contributed by atoms with Crippen molar-refractivity contribution in [3.05, 3.63) is 58.7 Å². The van der Waals surface area contributed by atoms with Crippen LogP contribution in [0.15, 0.2) is 30.3 Å². The van der Waals surface area contributed by atoms with E-state index in [4.69, 9.17) is 4.74 Å². The first kappa shape index (κ1) is 14.3. The molecular weight excluding hydrogens is 260 g/mol. The Kier molecular flexibility index (Phi) is 4.23. The van der Waals surface area contributed by atoms with E-state index in [2.05, 4.69) is 5.32 Å². The molecule has 0 aliphatic carbocycles. The van der Waals surface area contributed by atoms with E-state index in [-0.39, 0.29) is 6.61 Å². The standard InChI is InChI=1S/C16H17F2NO/c1-10-6-14(7-11(2)16(10)19-3)20-9-12-4-5-13(17)8-15(12)18/h4-8,19H,9H2,1-3H3. The lowest BCUT2D eigenvalue weighted by Gasteiger charge is -2.13. The predicted octanol–water partition coefficient (Wildman–Crippen LogP) is 4.20. The molecule has 0 bridgehead atoms. The lowest BCUT2D eigenvalue weighted by Crippen LogP contribution is -2.01. The smallest absolute Gasteiger partial charge is 0.132 e. The average Bonchev–Trinajstić information content (AvgIpc) is 2.37. The Morgan fingerprint density at radius 1 is 1.05 bits per heavy atom. The molecule has 2 nitrogen and oxygen atoms in total. The van der Waals surface area contributed by atoms with Gasteiger partial charge >= 0.3 is 0 Å². The molecule has 0 aromatic heterocycles. The fourth-order valence-corrected chi connectivity index (χ4v) is 2.20. The van der Waals surface area contributed by atoms with Crippen LogP contribution in [-0.4, -0.2) is 7.05 Å². The molecule has 106 valence electrons. The minimum atomic E-state index is -0.592. The summed E-state index contributed by atoms with van der Waals surface area (Å²) in [5.41, 5.74) is 3.51. The van der Waals surface area contributed by atoms with Crippen LogP contribution in [0.1, 0.15) is 16.7 Å². The van der Waals surface area contributed by atoms with E-state index in [0.29, 0.717) is 11.3 Å². The molecule has 1 N–H and O–H groups in total. The molecule has 2 aromatic rings. The monoisotopic (exact) mass is 277 g/mol. The third-order valence-corrected chi connectivity index (χ3v) is 3.17. The van der Waals surface area contributed by atoms with Crippen molar-refractivity contribution in [1.29, 1.82) is 0 Å². The quantitative estimate of drug-likeness (QED) is 0.904. The molecule has 0 radical (unpaired) electrons. The second kappa shape index (κ2) is 5.90. The number of nitrogens with one attached hydrogen (secondary N) is 1. The second-order valence-electron chi connectivity index (χ2n) is 4.71. The van der Waals surface area contributed by atoms with Crippen LogP contribution in [0.5, 0.6) is 5.75 Å². The number of halogens is 2. The zero-order valence-electron chi connectivity index (χ0n) is 11.8. The SMILES string of the molecule is CNc1c(C)cc(OCc2ccc(F)cc2F)cc1C. The zero-order chi connectivity index (χ0) is 14.7. The van der Waals surface area contributed by atoms with E-state index in [9.17, 15) is 8.78 Å². The van der Waals surface area contributed by atoms with E-state index < -0.39 is 11.6 Å². The fourth-order valence-electron chi connectivity index (χ4n) is 2.20.